The molecule has 2 N–H and O–H groups in total. The summed E-state index contributed by atoms with van der Waals surface area (Å²) in [4.78, 5) is 0. The zero-order chi connectivity index (χ0) is 29.2. The standard InChI is InChI=1S/C30H29ClF2N2O5S/c1-19-25(9-6-10-26(19)35-41(2,36)37)34-16-21-11-12-30(33,15-24(21)32)29(20-7-4-3-5-8-20)38-17-22-13-27-28(14-23(22)31)40-18-39-27/h3-14,29,34-35H,15-18H2,1-2H3. The number of hydrogen-bond acceptors (Lipinski definition) is 6. The number of alkyl halides is 1. The molecule has 1 aliphatic heterocycles. The molecule has 0 radical (unpaired) electrons. The van der Waals surface area contributed by atoms with Crippen LogP contribution in [0.5, 0.6) is 11.5 Å². The van der Waals surface area contributed by atoms with E-state index >= 15 is 8.78 Å². The highest BCUT2D eigenvalue weighted by atomic mass is 35.5. The SMILES string of the molecule is Cc1c(NCC2=C(F)CC(F)(C(OCc3cc4c(cc3Cl)OCO4)c3ccccc3)C=C2)cccc1NS(C)(=O)=O. The lowest BCUT2D eigenvalue weighted by Crippen LogP contribution is -2.34. The van der Waals surface area contributed by atoms with Crippen LogP contribution in [0.25, 0.3) is 0 Å². The Kier molecular flexibility index (Phi) is 8.26. The molecule has 1 heterocycles. The van der Waals surface area contributed by atoms with Crippen LogP contribution in [0.15, 0.2) is 84.2 Å². The van der Waals surface area contributed by atoms with E-state index in [1.807, 2.05) is 6.07 Å². The van der Waals surface area contributed by atoms with Gasteiger partial charge in [0.1, 0.15) is 11.9 Å². The van der Waals surface area contributed by atoms with Crippen LogP contribution in [-0.4, -0.2) is 33.7 Å². The van der Waals surface area contributed by atoms with E-state index in [1.54, 1.807) is 61.5 Å². The Hall–Kier alpha value is -3.60. The number of rotatable bonds is 10. The Bertz CT molecular complexity index is 1610. The van der Waals surface area contributed by atoms with E-state index < -0.39 is 34.0 Å². The van der Waals surface area contributed by atoms with Crippen LogP contribution in [0, 0.1) is 6.92 Å². The van der Waals surface area contributed by atoms with E-state index in [-0.39, 0.29) is 25.5 Å². The topological polar surface area (TPSA) is 85.9 Å². The smallest absolute Gasteiger partial charge is 0.231 e. The van der Waals surface area contributed by atoms with Crippen LogP contribution in [0.3, 0.4) is 0 Å². The summed E-state index contributed by atoms with van der Waals surface area (Å²) in [5.74, 6) is 0.435. The van der Waals surface area contributed by atoms with Crippen molar-refractivity contribution in [3.8, 4) is 11.5 Å². The molecule has 0 amide bonds. The van der Waals surface area contributed by atoms with Crippen molar-refractivity contribution in [2.24, 2.45) is 0 Å². The predicted octanol–water partition coefficient (Wildman–Crippen LogP) is 7.01. The molecule has 3 aromatic rings. The molecule has 41 heavy (non-hydrogen) atoms. The first kappa shape index (κ1) is 28.9. The summed E-state index contributed by atoms with van der Waals surface area (Å²) >= 11 is 6.41. The number of benzene rings is 3. The van der Waals surface area contributed by atoms with Crippen molar-refractivity contribution in [2.45, 2.75) is 31.7 Å². The minimum absolute atomic E-state index is 0.0363. The molecule has 2 aliphatic rings. The first-order chi connectivity index (χ1) is 19.5. The summed E-state index contributed by atoms with van der Waals surface area (Å²) in [5, 5.41) is 3.51. The maximum atomic E-state index is 16.6. The molecule has 0 bridgehead atoms. The molecular weight excluding hydrogens is 574 g/mol. The minimum atomic E-state index is -3.46. The van der Waals surface area contributed by atoms with E-state index in [0.29, 0.717) is 44.6 Å². The van der Waals surface area contributed by atoms with Gasteiger partial charge in [0.05, 0.1) is 23.6 Å². The normalized spacial score (nSPS) is 18.9. The molecule has 5 rings (SSSR count). The van der Waals surface area contributed by atoms with Crippen LogP contribution < -0.4 is 19.5 Å². The zero-order valence-corrected chi connectivity index (χ0v) is 24.0. The Labute approximate surface area is 242 Å². The van der Waals surface area contributed by atoms with Gasteiger partial charge in [0, 0.05) is 35.9 Å². The van der Waals surface area contributed by atoms with Crippen molar-refractivity contribution in [1.29, 1.82) is 0 Å². The second-order valence-electron chi connectivity index (χ2n) is 9.97. The fraction of sp³-hybridized carbons (Fsp3) is 0.267. The maximum absolute atomic E-state index is 16.6. The molecule has 216 valence electrons. The van der Waals surface area contributed by atoms with Crippen molar-refractivity contribution >= 4 is 33.0 Å². The Morgan fingerprint density at radius 1 is 1.07 bits per heavy atom. The summed E-state index contributed by atoms with van der Waals surface area (Å²) < 4.78 is 74.7. The third kappa shape index (κ3) is 6.66. The number of allylic oxidation sites excluding steroid dienone is 1. The second-order valence-corrected chi connectivity index (χ2v) is 12.1. The molecule has 0 fully saturated rings. The molecule has 2 unspecified atom stereocenters. The van der Waals surface area contributed by atoms with Crippen molar-refractivity contribution in [1.82, 2.24) is 0 Å². The second kappa shape index (κ2) is 11.7. The molecule has 2 atom stereocenters. The van der Waals surface area contributed by atoms with Crippen LogP contribution in [0.4, 0.5) is 20.2 Å². The van der Waals surface area contributed by atoms with Gasteiger partial charge < -0.3 is 19.5 Å². The van der Waals surface area contributed by atoms with Crippen LogP contribution >= 0.6 is 11.6 Å². The van der Waals surface area contributed by atoms with Gasteiger partial charge in [-0.1, -0.05) is 54.1 Å². The lowest BCUT2D eigenvalue weighted by molar-refractivity contribution is -0.0515. The van der Waals surface area contributed by atoms with Crippen molar-refractivity contribution < 1.29 is 31.4 Å². The molecule has 1 aliphatic carbocycles. The van der Waals surface area contributed by atoms with Gasteiger partial charge in [0.25, 0.3) is 0 Å². The van der Waals surface area contributed by atoms with Gasteiger partial charge in [0.2, 0.25) is 16.8 Å². The Balaban J connectivity index is 1.33. The van der Waals surface area contributed by atoms with Gasteiger partial charge in [-0.15, -0.1) is 0 Å². The summed E-state index contributed by atoms with van der Waals surface area (Å²) in [6, 6.07) is 17.2. The molecule has 0 saturated carbocycles. The lowest BCUT2D eigenvalue weighted by atomic mass is 9.84. The number of hydrogen-bond donors (Lipinski definition) is 2. The van der Waals surface area contributed by atoms with Crippen molar-refractivity contribution in [3.05, 3.63) is 106 Å². The highest BCUT2D eigenvalue weighted by Gasteiger charge is 2.42. The summed E-state index contributed by atoms with van der Waals surface area (Å²) in [5.41, 5.74) is 0.936. The largest absolute Gasteiger partial charge is 0.454 e. The summed E-state index contributed by atoms with van der Waals surface area (Å²) in [6.45, 7) is 1.88. The first-order valence-corrected chi connectivity index (χ1v) is 15.1. The molecule has 11 heteroatoms. The third-order valence-electron chi connectivity index (χ3n) is 6.92. The van der Waals surface area contributed by atoms with Gasteiger partial charge >= 0.3 is 0 Å². The molecule has 0 spiro atoms. The Morgan fingerprint density at radius 2 is 1.78 bits per heavy atom. The van der Waals surface area contributed by atoms with Crippen molar-refractivity contribution in [3.63, 3.8) is 0 Å². The van der Waals surface area contributed by atoms with E-state index in [1.165, 1.54) is 12.2 Å². The molecule has 0 aromatic heterocycles. The average Bonchev–Trinajstić information content (AvgIpc) is 3.37. The summed E-state index contributed by atoms with van der Waals surface area (Å²) in [6.07, 6.45) is 2.18. The van der Waals surface area contributed by atoms with Gasteiger partial charge in [-0.25, -0.2) is 17.2 Å². The quantitative estimate of drug-likeness (QED) is 0.260. The summed E-state index contributed by atoms with van der Waals surface area (Å²) in [7, 11) is -3.46. The fourth-order valence-electron chi connectivity index (χ4n) is 4.79. The maximum Gasteiger partial charge on any atom is 0.231 e. The minimum Gasteiger partial charge on any atom is -0.454 e. The van der Waals surface area contributed by atoms with E-state index in [0.717, 1.165) is 6.26 Å². The highest BCUT2D eigenvalue weighted by Crippen LogP contribution is 2.44. The lowest BCUT2D eigenvalue weighted by Gasteiger charge is -2.34. The molecule has 0 saturated heterocycles. The van der Waals surface area contributed by atoms with E-state index in [2.05, 4.69) is 10.0 Å². The van der Waals surface area contributed by atoms with Crippen LogP contribution in [-0.2, 0) is 21.4 Å². The van der Waals surface area contributed by atoms with Gasteiger partial charge in [-0.3, -0.25) is 4.72 Å². The van der Waals surface area contributed by atoms with Crippen molar-refractivity contribution in [2.75, 3.05) is 29.6 Å². The van der Waals surface area contributed by atoms with Crippen LogP contribution in [0.1, 0.15) is 29.2 Å². The highest BCUT2D eigenvalue weighted by molar-refractivity contribution is 7.92. The van der Waals surface area contributed by atoms with Crippen LogP contribution in [0.2, 0.25) is 5.02 Å². The zero-order valence-electron chi connectivity index (χ0n) is 22.4. The monoisotopic (exact) mass is 602 g/mol. The van der Waals surface area contributed by atoms with Gasteiger partial charge in [-0.05, 0) is 42.3 Å². The Morgan fingerprint density at radius 3 is 2.49 bits per heavy atom. The fourth-order valence-corrected chi connectivity index (χ4v) is 5.61. The predicted molar refractivity (Wildman–Crippen MR) is 155 cm³/mol. The van der Waals surface area contributed by atoms with E-state index in [4.69, 9.17) is 25.8 Å². The number of halogens is 3. The number of sulfonamides is 1. The number of nitrogens with one attached hydrogen (secondary N) is 2. The number of anilines is 2. The molecule has 7 nitrogen and oxygen atoms in total. The average molecular weight is 603 g/mol. The first-order valence-electron chi connectivity index (χ1n) is 12.8. The van der Waals surface area contributed by atoms with E-state index in [9.17, 15) is 8.42 Å². The van der Waals surface area contributed by atoms with Gasteiger partial charge in [-0.2, -0.15) is 0 Å². The number of ether oxygens (including phenoxy) is 3. The molecule has 3 aromatic carbocycles. The molecular formula is C30H29ClF2N2O5S. The third-order valence-corrected chi connectivity index (χ3v) is 7.86. The number of fused-ring (bicyclic) bond motifs is 1. The van der Waals surface area contributed by atoms with Gasteiger partial charge in [0.15, 0.2) is 17.2 Å².